The van der Waals surface area contributed by atoms with Gasteiger partial charge in [0.05, 0.1) is 23.2 Å². The van der Waals surface area contributed by atoms with Crippen molar-refractivity contribution in [3.05, 3.63) is 169 Å². The summed E-state index contributed by atoms with van der Waals surface area (Å²) in [5.41, 5.74) is 6.89. The third kappa shape index (κ3) is 23.3. The molecule has 6 aromatic rings. The van der Waals surface area contributed by atoms with Crippen molar-refractivity contribution in [1.29, 1.82) is 0 Å². The molecule has 2 N–H and O–H groups in total. The Morgan fingerprint density at radius 1 is 0.453 bits per heavy atom. The van der Waals surface area contributed by atoms with Gasteiger partial charge in [-0.1, -0.05) is 67.7 Å². The minimum Gasteiger partial charge on any atom is -0.512 e. The molecule has 0 saturated carbocycles. The number of carbonyl (C=O) groups excluding carboxylic acids is 2. The Bertz CT molecular complexity index is 2050. The molecular formula is C52H60Ir2N6O4-4. The Labute approximate surface area is 408 Å². The van der Waals surface area contributed by atoms with Gasteiger partial charge in [-0.15, -0.1) is 70.8 Å². The summed E-state index contributed by atoms with van der Waals surface area (Å²) in [5.74, 6) is 1.99. The maximum atomic E-state index is 10.0. The maximum absolute atomic E-state index is 10.0. The minimum atomic E-state index is -0.125. The number of ketones is 2. The van der Waals surface area contributed by atoms with Crippen LogP contribution in [0.4, 0.5) is 0 Å². The van der Waals surface area contributed by atoms with E-state index in [0.717, 1.165) is 28.3 Å². The monoisotopic (exact) mass is 1220 g/mol. The molecule has 12 heteroatoms. The van der Waals surface area contributed by atoms with Gasteiger partial charge in [-0.05, 0) is 62.5 Å². The number of carbonyl (C=O) groups is 2. The Balaban J connectivity index is 0.000000802. The first-order valence-electron chi connectivity index (χ1n) is 20.0. The molecular weight excluding hydrogens is 1160 g/mol. The molecule has 0 spiro atoms. The average Bonchev–Trinajstić information content (AvgIpc) is 3.21. The van der Waals surface area contributed by atoms with Crippen LogP contribution in [-0.4, -0.2) is 51.7 Å². The summed E-state index contributed by atoms with van der Waals surface area (Å²) in [6, 6.07) is 34.5. The molecule has 3 aromatic carbocycles. The van der Waals surface area contributed by atoms with Crippen LogP contribution in [0.2, 0.25) is 0 Å². The summed E-state index contributed by atoms with van der Waals surface area (Å²) >= 11 is 0. The fraction of sp³-hybridized carbons (Fsp3) is 0.308. The molecule has 10 nitrogen and oxygen atoms in total. The van der Waals surface area contributed by atoms with E-state index in [9.17, 15) is 9.59 Å². The SMILES string of the molecule is CC(=O)C=C(C)O.CC(=O)C=C(C)O.CC(C)(C)c1c[c-]c(-c2ncccn2)[c-]c1.CC(C)(C)c1c[c-]c(-c2ncccn2)cc1.CC(C)(C)c1c[c-]c(-c2ncccn2)cc1.[Ir].[Ir]. The summed E-state index contributed by atoms with van der Waals surface area (Å²) in [6.45, 7) is 25.3. The van der Waals surface area contributed by atoms with E-state index in [2.05, 4.69) is 129 Å². The third-order valence-corrected chi connectivity index (χ3v) is 8.19. The van der Waals surface area contributed by atoms with E-state index in [1.165, 1.54) is 56.5 Å². The molecule has 0 bridgehead atoms. The number of nitrogens with zero attached hydrogens (tertiary/aromatic N) is 6. The van der Waals surface area contributed by atoms with E-state index in [1.807, 2.05) is 48.5 Å². The van der Waals surface area contributed by atoms with Crippen LogP contribution in [0, 0.1) is 24.3 Å². The van der Waals surface area contributed by atoms with Gasteiger partial charge >= 0.3 is 0 Å². The van der Waals surface area contributed by atoms with Gasteiger partial charge in [-0.2, -0.15) is 0 Å². The average molecular weight is 1220 g/mol. The van der Waals surface area contributed by atoms with E-state index in [4.69, 9.17) is 10.2 Å². The number of aliphatic hydroxyl groups is 2. The van der Waals surface area contributed by atoms with Crippen LogP contribution < -0.4 is 0 Å². The van der Waals surface area contributed by atoms with Gasteiger partial charge in [0.1, 0.15) is 0 Å². The van der Waals surface area contributed by atoms with E-state index in [0.29, 0.717) is 5.82 Å². The van der Waals surface area contributed by atoms with Crippen molar-refractivity contribution in [3.63, 3.8) is 0 Å². The van der Waals surface area contributed by atoms with Gasteiger partial charge < -0.3 is 20.2 Å². The van der Waals surface area contributed by atoms with Gasteiger partial charge in [-0.25, -0.2) is 23.3 Å². The normalized spacial score (nSPS) is 11.1. The van der Waals surface area contributed by atoms with Crippen LogP contribution in [0.1, 0.15) is 107 Å². The molecule has 0 aliphatic heterocycles. The number of benzene rings is 3. The van der Waals surface area contributed by atoms with Crippen molar-refractivity contribution in [2.45, 2.75) is 106 Å². The van der Waals surface area contributed by atoms with Crippen LogP contribution >= 0.6 is 0 Å². The number of aliphatic hydroxyl groups excluding tert-OH is 2. The standard InChI is InChI=1S/2C14H15N2.C14H14N2.2C5H8O2.2Ir/c3*1-14(2,3)12-7-5-11(6-8-12)13-15-9-4-10-16-13;2*1-4(6)3-5(2)7;;/h2*4-5,7-10H,1-3H3;4,7-10H,1-3H3;2*3,6H,1-2H3;;/q2*-1;-2;;;;. The van der Waals surface area contributed by atoms with Crippen LogP contribution in [0.5, 0.6) is 0 Å². The van der Waals surface area contributed by atoms with Gasteiger partial charge in [0.2, 0.25) is 0 Å². The third-order valence-electron chi connectivity index (χ3n) is 8.19. The van der Waals surface area contributed by atoms with Crippen molar-refractivity contribution < 1.29 is 60.0 Å². The molecule has 64 heavy (non-hydrogen) atoms. The van der Waals surface area contributed by atoms with Crippen molar-refractivity contribution in [2.75, 3.05) is 0 Å². The topological polar surface area (TPSA) is 152 Å². The van der Waals surface area contributed by atoms with Gasteiger partial charge in [0.25, 0.3) is 0 Å². The second-order valence-corrected chi connectivity index (χ2v) is 17.1. The fourth-order valence-electron chi connectivity index (χ4n) is 4.90. The number of aromatic nitrogens is 6. The number of hydrogen-bond donors (Lipinski definition) is 2. The molecule has 3 heterocycles. The van der Waals surface area contributed by atoms with Crippen molar-refractivity contribution in [2.24, 2.45) is 0 Å². The number of allylic oxidation sites excluding steroid dienone is 4. The second-order valence-electron chi connectivity index (χ2n) is 17.1. The molecule has 0 atom stereocenters. The molecule has 0 amide bonds. The second kappa shape index (κ2) is 28.4. The van der Waals surface area contributed by atoms with Gasteiger partial charge in [0, 0.05) is 89.5 Å². The predicted octanol–water partition coefficient (Wildman–Crippen LogP) is 11.6. The largest absolute Gasteiger partial charge is 0.512 e. The van der Waals surface area contributed by atoms with Gasteiger partial charge in [-0.3, -0.25) is 41.7 Å². The van der Waals surface area contributed by atoms with E-state index in [-0.39, 0.29) is 79.5 Å². The van der Waals surface area contributed by atoms with E-state index >= 15 is 0 Å². The number of rotatable bonds is 5. The Morgan fingerprint density at radius 3 is 0.953 bits per heavy atom. The number of hydrogen-bond acceptors (Lipinski definition) is 10. The molecule has 0 fully saturated rings. The van der Waals surface area contributed by atoms with Crippen molar-refractivity contribution >= 4 is 11.6 Å². The summed E-state index contributed by atoms with van der Waals surface area (Å²) in [6.07, 6.45) is 12.8. The van der Waals surface area contributed by atoms with E-state index < -0.39 is 0 Å². The summed E-state index contributed by atoms with van der Waals surface area (Å²) in [4.78, 5) is 45.2. The molecule has 0 unspecified atom stereocenters. The first kappa shape index (κ1) is 58.6. The molecule has 3 aromatic heterocycles. The molecule has 0 aliphatic carbocycles. The minimum absolute atomic E-state index is 0. The zero-order chi connectivity index (χ0) is 46.5. The first-order valence-corrected chi connectivity index (χ1v) is 20.0. The van der Waals surface area contributed by atoms with Crippen LogP contribution in [0.25, 0.3) is 34.2 Å². The quantitative estimate of drug-likeness (QED) is 0.0969. The Kier molecular flexibility index (Phi) is 26.0. The van der Waals surface area contributed by atoms with Crippen LogP contribution in [0.3, 0.4) is 0 Å². The van der Waals surface area contributed by atoms with Crippen molar-refractivity contribution in [1.82, 2.24) is 29.9 Å². The summed E-state index contributed by atoms with van der Waals surface area (Å²) < 4.78 is 0. The van der Waals surface area contributed by atoms with Crippen LogP contribution in [-0.2, 0) is 66.0 Å². The Hall–Kier alpha value is -5.38. The van der Waals surface area contributed by atoms with Crippen molar-refractivity contribution in [3.8, 4) is 34.2 Å². The Morgan fingerprint density at radius 2 is 0.734 bits per heavy atom. The molecule has 0 aliphatic rings. The van der Waals surface area contributed by atoms with E-state index in [1.54, 1.807) is 43.2 Å². The van der Waals surface area contributed by atoms with Gasteiger partial charge in [0.15, 0.2) is 11.6 Å². The van der Waals surface area contributed by atoms with Crippen LogP contribution in [0.15, 0.2) is 128 Å². The zero-order valence-electron chi connectivity index (χ0n) is 39.0. The summed E-state index contributed by atoms with van der Waals surface area (Å²) in [7, 11) is 0. The maximum Gasteiger partial charge on any atom is 0.155 e. The predicted molar refractivity (Wildman–Crippen MR) is 248 cm³/mol. The molecule has 6 rings (SSSR count). The zero-order valence-corrected chi connectivity index (χ0v) is 43.8. The molecule has 2 radical (unpaired) electrons. The smallest absolute Gasteiger partial charge is 0.155 e. The fourth-order valence-corrected chi connectivity index (χ4v) is 4.90. The molecule has 344 valence electrons. The summed E-state index contributed by atoms with van der Waals surface area (Å²) in [5, 5.41) is 16.7. The first-order chi connectivity index (χ1) is 29.0. The molecule has 0 saturated heterocycles.